The van der Waals surface area contributed by atoms with Gasteiger partial charge >= 0.3 is 6.03 Å². The number of carbonyl (C=O) groups is 1. The zero-order valence-electron chi connectivity index (χ0n) is 12.0. The molecule has 0 radical (unpaired) electrons. The molecule has 1 aliphatic rings. The number of nitrogens with zero attached hydrogens (tertiary/aromatic N) is 1. The van der Waals surface area contributed by atoms with Crippen molar-refractivity contribution in [3.63, 3.8) is 0 Å². The van der Waals surface area contributed by atoms with Crippen molar-refractivity contribution in [1.29, 1.82) is 0 Å². The lowest BCUT2D eigenvalue weighted by Crippen LogP contribution is -2.43. The van der Waals surface area contributed by atoms with Gasteiger partial charge in [-0.05, 0) is 43.6 Å². The maximum absolute atomic E-state index is 11.3. The normalized spacial score (nSPS) is 17.5. The van der Waals surface area contributed by atoms with E-state index < -0.39 is 0 Å². The van der Waals surface area contributed by atoms with Crippen molar-refractivity contribution in [2.45, 2.75) is 32.6 Å². The van der Waals surface area contributed by atoms with Gasteiger partial charge in [-0.25, -0.2) is 9.79 Å². The standard InChI is InChI=1S/C14H24N4O2/c1-3-11(14(7-8-14)6-5-9-19)10-17-12(15)18-13(20)16-4-2/h3,10,19H,1,4-9H2,2H3,(H4,15,16,17,18,20)/b11-10-. The van der Waals surface area contributed by atoms with Crippen LogP contribution in [0, 0.1) is 5.41 Å². The minimum absolute atomic E-state index is 0.0493. The largest absolute Gasteiger partial charge is 0.396 e. The van der Waals surface area contributed by atoms with E-state index in [1.165, 1.54) is 0 Å². The number of urea groups is 1. The highest BCUT2D eigenvalue weighted by Crippen LogP contribution is 2.55. The zero-order chi connectivity index (χ0) is 15.0. The Bertz CT molecular complexity index is 411. The van der Waals surface area contributed by atoms with Crippen LogP contribution in [0.3, 0.4) is 0 Å². The molecular weight excluding hydrogens is 256 g/mol. The Kier molecular flexibility index (Phi) is 6.24. The number of hydrogen-bond acceptors (Lipinski definition) is 3. The van der Waals surface area contributed by atoms with E-state index in [9.17, 15) is 4.79 Å². The molecule has 1 fully saturated rings. The molecule has 0 aromatic rings. The topological polar surface area (TPSA) is 99.7 Å². The first-order valence-corrected chi connectivity index (χ1v) is 6.90. The maximum atomic E-state index is 11.3. The minimum Gasteiger partial charge on any atom is -0.396 e. The summed E-state index contributed by atoms with van der Waals surface area (Å²) in [5.41, 5.74) is 6.72. The summed E-state index contributed by atoms with van der Waals surface area (Å²) >= 11 is 0. The van der Waals surface area contributed by atoms with Gasteiger partial charge in [0.1, 0.15) is 0 Å². The molecule has 0 spiro atoms. The number of carbonyl (C=O) groups excluding carboxylic acids is 1. The van der Waals surface area contributed by atoms with Crippen LogP contribution in [0.1, 0.15) is 32.6 Å². The fourth-order valence-electron chi connectivity index (χ4n) is 2.15. The Morgan fingerprint density at radius 3 is 2.75 bits per heavy atom. The average molecular weight is 280 g/mol. The third-order valence-electron chi connectivity index (χ3n) is 3.42. The quantitative estimate of drug-likeness (QED) is 0.321. The Labute approximate surface area is 119 Å². The summed E-state index contributed by atoms with van der Waals surface area (Å²) in [6.07, 6.45) is 7.25. The molecule has 0 aromatic heterocycles. The molecule has 0 aliphatic heterocycles. The second-order valence-corrected chi connectivity index (χ2v) is 4.89. The monoisotopic (exact) mass is 280 g/mol. The molecule has 20 heavy (non-hydrogen) atoms. The van der Waals surface area contributed by atoms with Crippen LogP contribution >= 0.6 is 0 Å². The van der Waals surface area contributed by atoms with Crippen LogP contribution in [0.5, 0.6) is 0 Å². The highest BCUT2D eigenvalue weighted by atomic mass is 16.3. The molecule has 6 nitrogen and oxygen atoms in total. The highest BCUT2D eigenvalue weighted by molar-refractivity contribution is 5.95. The van der Waals surface area contributed by atoms with E-state index in [0.717, 1.165) is 31.3 Å². The van der Waals surface area contributed by atoms with Gasteiger partial charge in [0.05, 0.1) is 0 Å². The third kappa shape index (κ3) is 4.70. The smallest absolute Gasteiger partial charge is 0.321 e. The van der Waals surface area contributed by atoms with Crippen LogP contribution in [0.25, 0.3) is 0 Å². The van der Waals surface area contributed by atoms with Gasteiger partial charge in [0.15, 0.2) is 0 Å². The first kappa shape index (κ1) is 16.2. The van der Waals surface area contributed by atoms with Crippen molar-refractivity contribution in [3.05, 3.63) is 24.4 Å². The first-order valence-electron chi connectivity index (χ1n) is 6.90. The molecule has 1 rings (SSSR count). The first-order chi connectivity index (χ1) is 9.57. The molecule has 0 aromatic carbocycles. The predicted molar refractivity (Wildman–Crippen MR) is 80.1 cm³/mol. The molecule has 6 heteroatoms. The summed E-state index contributed by atoms with van der Waals surface area (Å²) in [4.78, 5) is 15.3. The van der Waals surface area contributed by atoms with Gasteiger partial charge in [0.25, 0.3) is 0 Å². The molecule has 5 N–H and O–H groups in total. The average Bonchev–Trinajstić information content (AvgIpc) is 3.18. The number of nitrogens with one attached hydrogen (secondary N) is 2. The van der Waals surface area contributed by atoms with Gasteiger partial charge in [0, 0.05) is 19.4 Å². The van der Waals surface area contributed by atoms with Crippen molar-refractivity contribution in [1.82, 2.24) is 10.6 Å². The van der Waals surface area contributed by atoms with Gasteiger partial charge in [-0.1, -0.05) is 12.7 Å². The SMILES string of the molecule is C=C/C(=C/N=C(N)NC(=O)NCC)C1(CCCO)CC1. The van der Waals surface area contributed by atoms with E-state index in [2.05, 4.69) is 22.2 Å². The van der Waals surface area contributed by atoms with Crippen LogP contribution in [0.4, 0.5) is 4.79 Å². The Morgan fingerprint density at radius 1 is 1.55 bits per heavy atom. The zero-order valence-corrected chi connectivity index (χ0v) is 12.0. The summed E-state index contributed by atoms with van der Waals surface area (Å²) in [7, 11) is 0. The molecule has 1 aliphatic carbocycles. The highest BCUT2D eigenvalue weighted by Gasteiger charge is 2.44. The van der Waals surface area contributed by atoms with E-state index in [0.29, 0.717) is 6.54 Å². The summed E-state index contributed by atoms with van der Waals surface area (Å²) in [6, 6.07) is -0.372. The van der Waals surface area contributed by atoms with Gasteiger partial charge in [-0.2, -0.15) is 0 Å². The van der Waals surface area contributed by atoms with Crippen LogP contribution in [-0.4, -0.2) is 30.2 Å². The number of allylic oxidation sites excluding steroid dienone is 2. The Balaban J connectivity index is 2.65. The van der Waals surface area contributed by atoms with E-state index in [1.807, 2.05) is 6.92 Å². The van der Waals surface area contributed by atoms with Crippen LogP contribution < -0.4 is 16.4 Å². The summed E-state index contributed by atoms with van der Waals surface area (Å²) in [5.74, 6) is 0.0493. The summed E-state index contributed by atoms with van der Waals surface area (Å²) in [5, 5.41) is 13.9. The van der Waals surface area contributed by atoms with E-state index >= 15 is 0 Å². The van der Waals surface area contributed by atoms with Gasteiger partial charge in [0.2, 0.25) is 5.96 Å². The van der Waals surface area contributed by atoms with Gasteiger partial charge in [-0.15, -0.1) is 0 Å². The molecule has 2 amide bonds. The number of aliphatic hydroxyl groups excluding tert-OH is 1. The van der Waals surface area contributed by atoms with Crippen LogP contribution in [0.15, 0.2) is 29.4 Å². The number of nitrogens with two attached hydrogens (primary N) is 1. The van der Waals surface area contributed by atoms with Crippen LogP contribution in [0.2, 0.25) is 0 Å². The molecule has 112 valence electrons. The summed E-state index contributed by atoms with van der Waals surface area (Å²) in [6.45, 7) is 6.34. The fraction of sp³-hybridized carbons (Fsp3) is 0.571. The van der Waals surface area contributed by atoms with Crippen molar-refractivity contribution in [2.24, 2.45) is 16.1 Å². The van der Waals surface area contributed by atoms with E-state index in [1.54, 1.807) is 12.3 Å². The number of amides is 2. The fourth-order valence-corrected chi connectivity index (χ4v) is 2.15. The molecule has 0 bridgehead atoms. The number of aliphatic imine (C=N–C) groups is 1. The molecule has 0 heterocycles. The lowest BCUT2D eigenvalue weighted by molar-refractivity contribution is 0.245. The van der Waals surface area contributed by atoms with Crippen molar-refractivity contribution < 1.29 is 9.90 Å². The summed E-state index contributed by atoms with van der Waals surface area (Å²) < 4.78 is 0. The maximum Gasteiger partial charge on any atom is 0.321 e. The van der Waals surface area contributed by atoms with Gasteiger partial charge in [-0.3, -0.25) is 5.32 Å². The molecule has 0 unspecified atom stereocenters. The molecule has 1 saturated carbocycles. The van der Waals surface area contributed by atoms with Crippen molar-refractivity contribution >= 4 is 12.0 Å². The molecule has 0 saturated heterocycles. The molecular formula is C14H24N4O2. The molecule has 0 atom stereocenters. The number of rotatable bonds is 7. The predicted octanol–water partition coefficient (Wildman–Crippen LogP) is 1.24. The number of guanidine groups is 1. The Hall–Kier alpha value is -1.82. The van der Waals surface area contributed by atoms with Gasteiger partial charge < -0.3 is 16.2 Å². The third-order valence-corrected chi connectivity index (χ3v) is 3.42. The van der Waals surface area contributed by atoms with E-state index in [4.69, 9.17) is 10.8 Å². The number of aliphatic hydroxyl groups is 1. The second-order valence-electron chi connectivity index (χ2n) is 4.89. The lowest BCUT2D eigenvalue weighted by Gasteiger charge is -2.15. The van der Waals surface area contributed by atoms with Crippen molar-refractivity contribution in [2.75, 3.05) is 13.2 Å². The lowest BCUT2D eigenvalue weighted by atomic mass is 9.91. The minimum atomic E-state index is -0.372. The van der Waals surface area contributed by atoms with E-state index in [-0.39, 0.29) is 24.0 Å². The number of hydrogen-bond donors (Lipinski definition) is 4. The second kappa shape index (κ2) is 7.69. The van der Waals surface area contributed by atoms with Crippen molar-refractivity contribution in [3.8, 4) is 0 Å². The Morgan fingerprint density at radius 2 is 2.25 bits per heavy atom. The van der Waals surface area contributed by atoms with Crippen LogP contribution in [-0.2, 0) is 0 Å².